The highest BCUT2D eigenvalue weighted by Crippen LogP contribution is 2.24. The van der Waals surface area contributed by atoms with E-state index in [1.165, 1.54) is 51.4 Å². The lowest BCUT2D eigenvalue weighted by Crippen LogP contribution is -2.44. The van der Waals surface area contributed by atoms with Gasteiger partial charge in [-0.3, -0.25) is 0 Å². The molecule has 0 aromatic heterocycles. The Morgan fingerprint density at radius 1 is 0.762 bits per heavy atom. The van der Waals surface area contributed by atoms with Crippen molar-refractivity contribution in [2.75, 3.05) is 0 Å². The van der Waals surface area contributed by atoms with Crippen LogP contribution < -0.4 is 5.73 Å². The minimum atomic E-state index is -0.413. The van der Waals surface area contributed by atoms with Crippen LogP contribution in [-0.2, 0) is 0 Å². The molecule has 0 aliphatic rings. The maximum atomic E-state index is 9.58. The summed E-state index contributed by atoms with van der Waals surface area (Å²) in [4.78, 5) is 0. The second kappa shape index (κ2) is 12.4. The third-order valence-electron chi connectivity index (χ3n) is 4.18. The van der Waals surface area contributed by atoms with Gasteiger partial charge in [-0.2, -0.15) is 0 Å². The Kier molecular flexibility index (Phi) is 12.4. The molecule has 2 unspecified atom stereocenters. The quantitative estimate of drug-likeness (QED) is 0.422. The van der Waals surface area contributed by atoms with E-state index in [4.69, 9.17) is 5.73 Å². The smallest absolute Gasteiger partial charge is 0.0529 e. The molecular weight excluding hydrogens is 262 g/mol. The Morgan fingerprint density at radius 3 is 1.52 bits per heavy atom. The van der Waals surface area contributed by atoms with Gasteiger partial charge in [0, 0.05) is 5.54 Å². The molecule has 0 saturated heterocycles. The average Bonchev–Trinajstić information content (AvgIpc) is 2.34. The van der Waals surface area contributed by atoms with E-state index >= 15 is 0 Å². The normalized spacial score (nSPS) is 17.4. The van der Waals surface area contributed by atoms with Gasteiger partial charge in [0.05, 0.1) is 12.2 Å². The number of rotatable bonds is 14. The van der Waals surface area contributed by atoms with Gasteiger partial charge in [-0.1, -0.05) is 64.7 Å². The molecule has 0 aromatic rings. The van der Waals surface area contributed by atoms with E-state index in [9.17, 15) is 10.2 Å². The zero-order valence-corrected chi connectivity index (χ0v) is 14.6. The molecule has 3 heteroatoms. The minimum absolute atomic E-state index is 0.396. The van der Waals surface area contributed by atoms with Crippen molar-refractivity contribution in [2.24, 2.45) is 5.73 Å². The molecule has 0 bridgehead atoms. The fourth-order valence-corrected chi connectivity index (χ4v) is 3.25. The van der Waals surface area contributed by atoms with Crippen molar-refractivity contribution in [1.29, 1.82) is 0 Å². The molecule has 0 amide bonds. The lowest BCUT2D eigenvalue weighted by atomic mass is 9.83. The van der Waals surface area contributed by atoms with Gasteiger partial charge < -0.3 is 15.9 Å². The summed E-state index contributed by atoms with van der Waals surface area (Å²) in [6.07, 6.45) is 13.0. The summed E-state index contributed by atoms with van der Waals surface area (Å²) in [5.41, 5.74) is 5.96. The SMILES string of the molecule is CCCCCCCCCCCC(N)(CC(C)O)CC(C)O. The lowest BCUT2D eigenvalue weighted by molar-refractivity contribution is 0.0985. The van der Waals surface area contributed by atoms with Crippen LogP contribution in [0.4, 0.5) is 0 Å². The van der Waals surface area contributed by atoms with Gasteiger partial charge in [0.2, 0.25) is 0 Å². The van der Waals surface area contributed by atoms with Gasteiger partial charge in [0.15, 0.2) is 0 Å². The molecule has 0 saturated carbocycles. The predicted octanol–water partition coefficient (Wildman–Crippen LogP) is 4.15. The Bertz CT molecular complexity index is 219. The summed E-state index contributed by atoms with van der Waals surface area (Å²) in [6, 6.07) is 0. The largest absolute Gasteiger partial charge is 0.393 e. The fourth-order valence-electron chi connectivity index (χ4n) is 3.25. The minimum Gasteiger partial charge on any atom is -0.393 e. The van der Waals surface area contributed by atoms with Crippen molar-refractivity contribution < 1.29 is 10.2 Å². The van der Waals surface area contributed by atoms with Gasteiger partial charge in [0.25, 0.3) is 0 Å². The molecule has 0 fully saturated rings. The Morgan fingerprint density at radius 2 is 1.14 bits per heavy atom. The van der Waals surface area contributed by atoms with E-state index in [2.05, 4.69) is 6.92 Å². The highest BCUT2D eigenvalue weighted by Gasteiger charge is 2.27. The second-order valence-corrected chi connectivity index (χ2v) is 7.05. The predicted molar refractivity (Wildman–Crippen MR) is 91.4 cm³/mol. The maximum Gasteiger partial charge on any atom is 0.0529 e. The van der Waals surface area contributed by atoms with Crippen LogP contribution in [-0.4, -0.2) is 28.0 Å². The molecular formula is C18H39NO2. The first-order valence-electron chi connectivity index (χ1n) is 9.04. The summed E-state index contributed by atoms with van der Waals surface area (Å²) in [5, 5.41) is 19.2. The molecule has 3 nitrogen and oxygen atoms in total. The number of nitrogens with two attached hydrogens (primary N) is 1. The van der Waals surface area contributed by atoms with Crippen molar-refractivity contribution in [3.05, 3.63) is 0 Å². The number of aliphatic hydroxyl groups excluding tert-OH is 2. The van der Waals surface area contributed by atoms with Gasteiger partial charge >= 0.3 is 0 Å². The van der Waals surface area contributed by atoms with E-state index in [1.807, 2.05) is 0 Å². The summed E-state index contributed by atoms with van der Waals surface area (Å²) < 4.78 is 0. The van der Waals surface area contributed by atoms with Crippen LogP contribution in [0.3, 0.4) is 0 Å². The van der Waals surface area contributed by atoms with Crippen LogP contribution in [0.2, 0.25) is 0 Å². The molecule has 0 rings (SSSR count). The summed E-state index contributed by atoms with van der Waals surface area (Å²) in [7, 11) is 0. The van der Waals surface area contributed by atoms with Crippen LogP contribution in [0.25, 0.3) is 0 Å². The number of unbranched alkanes of at least 4 members (excludes halogenated alkanes) is 8. The molecule has 0 radical (unpaired) electrons. The van der Waals surface area contributed by atoms with Crippen molar-refractivity contribution >= 4 is 0 Å². The lowest BCUT2D eigenvalue weighted by Gasteiger charge is -2.32. The number of hydrogen-bond acceptors (Lipinski definition) is 3. The third-order valence-corrected chi connectivity index (χ3v) is 4.18. The first-order chi connectivity index (χ1) is 9.89. The molecule has 128 valence electrons. The second-order valence-electron chi connectivity index (χ2n) is 7.05. The fraction of sp³-hybridized carbons (Fsp3) is 1.00. The Labute approximate surface area is 132 Å². The monoisotopic (exact) mass is 301 g/mol. The molecule has 0 spiro atoms. The first kappa shape index (κ1) is 20.9. The average molecular weight is 302 g/mol. The summed E-state index contributed by atoms with van der Waals surface area (Å²) in [5.74, 6) is 0. The van der Waals surface area contributed by atoms with Gasteiger partial charge in [-0.25, -0.2) is 0 Å². The Balaban J connectivity index is 3.73. The van der Waals surface area contributed by atoms with E-state index < -0.39 is 17.7 Å². The third kappa shape index (κ3) is 13.3. The van der Waals surface area contributed by atoms with Crippen LogP contribution in [0.15, 0.2) is 0 Å². The highest BCUT2D eigenvalue weighted by molar-refractivity contribution is 4.87. The number of hydrogen-bond donors (Lipinski definition) is 3. The highest BCUT2D eigenvalue weighted by atomic mass is 16.3. The molecule has 2 atom stereocenters. The Hall–Kier alpha value is -0.120. The molecule has 0 aliphatic carbocycles. The topological polar surface area (TPSA) is 66.5 Å². The van der Waals surface area contributed by atoms with Crippen molar-refractivity contribution in [2.45, 2.75) is 116 Å². The van der Waals surface area contributed by atoms with E-state index in [-0.39, 0.29) is 0 Å². The molecule has 0 heterocycles. The summed E-state index contributed by atoms with van der Waals surface area (Å²) >= 11 is 0. The summed E-state index contributed by atoms with van der Waals surface area (Å²) in [6.45, 7) is 5.81. The van der Waals surface area contributed by atoms with Crippen molar-refractivity contribution in [3.63, 3.8) is 0 Å². The number of aliphatic hydroxyl groups is 2. The molecule has 0 aliphatic heterocycles. The first-order valence-corrected chi connectivity index (χ1v) is 9.04. The standard InChI is InChI=1S/C18H39NO2/c1-4-5-6-7-8-9-10-11-12-13-18(19,14-16(2)20)15-17(3)21/h16-17,20-21H,4-15,19H2,1-3H3. The molecule has 21 heavy (non-hydrogen) atoms. The maximum absolute atomic E-state index is 9.58. The van der Waals surface area contributed by atoms with Crippen LogP contribution in [0.1, 0.15) is 97.8 Å². The van der Waals surface area contributed by atoms with Gasteiger partial charge in [-0.05, 0) is 33.1 Å². The van der Waals surface area contributed by atoms with Gasteiger partial charge in [0.1, 0.15) is 0 Å². The van der Waals surface area contributed by atoms with Crippen LogP contribution >= 0.6 is 0 Å². The molecule has 4 N–H and O–H groups in total. The van der Waals surface area contributed by atoms with E-state index in [0.29, 0.717) is 12.8 Å². The van der Waals surface area contributed by atoms with Crippen molar-refractivity contribution in [3.8, 4) is 0 Å². The molecule has 0 aromatic carbocycles. The zero-order valence-electron chi connectivity index (χ0n) is 14.6. The van der Waals surface area contributed by atoms with E-state index in [0.717, 1.165) is 12.8 Å². The van der Waals surface area contributed by atoms with Crippen LogP contribution in [0.5, 0.6) is 0 Å². The zero-order chi connectivity index (χ0) is 16.1. The van der Waals surface area contributed by atoms with E-state index in [1.54, 1.807) is 13.8 Å². The van der Waals surface area contributed by atoms with Gasteiger partial charge in [-0.15, -0.1) is 0 Å². The van der Waals surface area contributed by atoms with Crippen molar-refractivity contribution in [1.82, 2.24) is 0 Å². The van der Waals surface area contributed by atoms with Crippen LogP contribution in [0, 0.1) is 0 Å².